The summed E-state index contributed by atoms with van der Waals surface area (Å²) in [4.78, 5) is 11.9. The van der Waals surface area contributed by atoms with Crippen LogP contribution < -0.4 is 0 Å². The predicted octanol–water partition coefficient (Wildman–Crippen LogP) is 2.52. The number of benzene rings is 1. The third-order valence-electron chi connectivity index (χ3n) is 3.71. The Balaban J connectivity index is 1.87. The van der Waals surface area contributed by atoms with Gasteiger partial charge in [0.05, 0.1) is 11.3 Å². The number of hydrogen-bond donors (Lipinski definition) is 0. The Labute approximate surface area is 117 Å². The Morgan fingerprint density at radius 3 is 2.80 bits per heavy atom. The normalized spacial score (nSPS) is 13.8. The number of nitrogens with zero attached hydrogens (tertiary/aromatic N) is 3. The van der Waals surface area contributed by atoms with Crippen LogP contribution in [0.5, 0.6) is 0 Å². The first kappa shape index (κ1) is 12.6. The van der Waals surface area contributed by atoms with Crippen molar-refractivity contribution in [3.8, 4) is 6.07 Å². The Hall–Kier alpha value is -2.41. The molecule has 4 nitrogen and oxygen atoms in total. The molecule has 20 heavy (non-hydrogen) atoms. The highest BCUT2D eigenvalue weighted by molar-refractivity contribution is 5.99. The number of carbonyl (C=O) groups excluding carboxylic acids is 1. The monoisotopic (exact) mass is 265 g/mol. The Bertz CT molecular complexity index is 680. The van der Waals surface area contributed by atoms with Gasteiger partial charge >= 0.3 is 0 Å². The van der Waals surface area contributed by atoms with E-state index in [4.69, 9.17) is 5.26 Å². The van der Waals surface area contributed by atoms with E-state index in [1.165, 1.54) is 5.56 Å². The Morgan fingerprint density at radius 2 is 2.05 bits per heavy atom. The van der Waals surface area contributed by atoms with Crippen LogP contribution in [0.15, 0.2) is 30.3 Å². The molecule has 100 valence electrons. The topological polar surface area (TPSA) is 58.7 Å². The number of carbonyl (C=O) groups is 1. The average Bonchev–Trinajstić information content (AvgIpc) is 2.86. The van der Waals surface area contributed by atoms with Gasteiger partial charge in [0.15, 0.2) is 11.5 Å². The molecule has 0 bridgehead atoms. The van der Waals surface area contributed by atoms with Crippen LogP contribution in [0.25, 0.3) is 0 Å². The summed E-state index contributed by atoms with van der Waals surface area (Å²) in [6.45, 7) is 0.710. The van der Waals surface area contributed by atoms with E-state index in [0.717, 1.165) is 25.0 Å². The molecule has 1 aliphatic rings. The summed E-state index contributed by atoms with van der Waals surface area (Å²) < 4.78 is 1.85. The molecule has 0 N–H and O–H groups in total. The fraction of sp³-hybridized carbons (Fsp3) is 0.312. The minimum atomic E-state index is 0.0637. The molecule has 2 aromatic rings. The van der Waals surface area contributed by atoms with Gasteiger partial charge < -0.3 is 0 Å². The zero-order valence-corrected chi connectivity index (χ0v) is 11.2. The van der Waals surface area contributed by atoms with Crippen LogP contribution in [0.2, 0.25) is 0 Å². The van der Waals surface area contributed by atoms with E-state index in [1.807, 2.05) is 22.9 Å². The maximum Gasteiger partial charge on any atom is 0.173 e. The third kappa shape index (κ3) is 2.23. The predicted molar refractivity (Wildman–Crippen MR) is 74.4 cm³/mol. The number of aromatic nitrogens is 2. The lowest BCUT2D eigenvalue weighted by molar-refractivity contribution is 0.0971. The Kier molecular flexibility index (Phi) is 3.34. The molecule has 3 rings (SSSR count). The van der Waals surface area contributed by atoms with Crippen molar-refractivity contribution < 1.29 is 4.79 Å². The summed E-state index contributed by atoms with van der Waals surface area (Å²) in [5.41, 5.74) is 3.02. The molecule has 1 heterocycles. The van der Waals surface area contributed by atoms with Crippen molar-refractivity contribution in [1.82, 2.24) is 9.78 Å². The first-order valence-corrected chi connectivity index (χ1v) is 6.86. The number of nitriles is 1. The van der Waals surface area contributed by atoms with Crippen molar-refractivity contribution in [3.63, 3.8) is 0 Å². The minimum absolute atomic E-state index is 0.0637. The van der Waals surface area contributed by atoms with E-state index >= 15 is 0 Å². The lowest BCUT2D eigenvalue weighted by atomic mass is 9.94. The molecule has 4 heteroatoms. The summed E-state index contributed by atoms with van der Waals surface area (Å²) >= 11 is 0. The summed E-state index contributed by atoms with van der Waals surface area (Å²) in [5.74, 6) is 0.0637. The summed E-state index contributed by atoms with van der Waals surface area (Å²) in [6, 6.07) is 12.2. The quantitative estimate of drug-likeness (QED) is 0.856. The van der Waals surface area contributed by atoms with Crippen molar-refractivity contribution >= 4 is 5.78 Å². The SMILES string of the molecule is N#Cc1nn(CCc2ccccc2)c2c1C(=O)CCC2. The summed E-state index contributed by atoms with van der Waals surface area (Å²) in [5, 5.41) is 13.4. The largest absolute Gasteiger partial charge is 0.294 e. The second-order valence-electron chi connectivity index (χ2n) is 5.02. The molecule has 0 radical (unpaired) electrons. The maximum absolute atomic E-state index is 11.9. The fourth-order valence-corrected chi connectivity index (χ4v) is 2.73. The number of Topliss-reactive ketones (excluding diaryl/α,β-unsaturated/α-hetero) is 1. The molecule has 0 atom stereocenters. The van der Waals surface area contributed by atoms with E-state index in [-0.39, 0.29) is 11.5 Å². The summed E-state index contributed by atoms with van der Waals surface area (Å²) in [6.07, 6.45) is 3.08. The lowest BCUT2D eigenvalue weighted by Gasteiger charge is -2.13. The lowest BCUT2D eigenvalue weighted by Crippen LogP contribution is -2.14. The molecule has 1 aliphatic carbocycles. The smallest absolute Gasteiger partial charge is 0.173 e. The molecule has 0 saturated heterocycles. The van der Waals surface area contributed by atoms with Crippen molar-refractivity contribution in [1.29, 1.82) is 5.26 Å². The van der Waals surface area contributed by atoms with Crippen molar-refractivity contribution in [2.45, 2.75) is 32.2 Å². The van der Waals surface area contributed by atoms with Crippen LogP contribution in [0.4, 0.5) is 0 Å². The van der Waals surface area contributed by atoms with Crippen LogP contribution >= 0.6 is 0 Å². The number of fused-ring (bicyclic) bond motifs is 1. The van der Waals surface area contributed by atoms with Crippen LogP contribution in [0.1, 0.15) is 40.2 Å². The number of aryl methyl sites for hydroxylation is 2. The van der Waals surface area contributed by atoms with Crippen LogP contribution in [-0.4, -0.2) is 15.6 Å². The van der Waals surface area contributed by atoms with Gasteiger partial charge in [0, 0.05) is 13.0 Å². The van der Waals surface area contributed by atoms with Crippen LogP contribution in [-0.2, 0) is 19.4 Å². The van der Waals surface area contributed by atoms with E-state index in [2.05, 4.69) is 23.3 Å². The molecule has 1 aromatic carbocycles. The maximum atomic E-state index is 11.9. The van der Waals surface area contributed by atoms with Gasteiger partial charge in [-0.05, 0) is 24.8 Å². The first-order valence-electron chi connectivity index (χ1n) is 6.86. The molecule has 0 fully saturated rings. The van der Waals surface area contributed by atoms with E-state index in [1.54, 1.807) is 0 Å². The highest BCUT2D eigenvalue weighted by Gasteiger charge is 2.26. The zero-order chi connectivity index (χ0) is 13.9. The van der Waals surface area contributed by atoms with Gasteiger partial charge in [-0.1, -0.05) is 30.3 Å². The minimum Gasteiger partial charge on any atom is -0.294 e. The van der Waals surface area contributed by atoms with Gasteiger partial charge in [-0.2, -0.15) is 10.4 Å². The molecule has 0 amide bonds. The Morgan fingerprint density at radius 1 is 1.25 bits per heavy atom. The van der Waals surface area contributed by atoms with Gasteiger partial charge in [0.1, 0.15) is 6.07 Å². The standard InChI is InChI=1S/C16H15N3O/c17-11-13-16-14(7-4-8-15(16)20)19(18-13)10-9-12-5-2-1-3-6-12/h1-3,5-6H,4,7-10H2. The number of rotatable bonds is 3. The second kappa shape index (κ2) is 5.30. The molecule has 1 aromatic heterocycles. The molecule has 0 unspecified atom stereocenters. The molecule has 0 aliphatic heterocycles. The first-order chi connectivity index (χ1) is 9.79. The van der Waals surface area contributed by atoms with Crippen molar-refractivity contribution in [3.05, 3.63) is 52.8 Å². The molecule has 0 saturated carbocycles. The number of ketones is 1. The highest BCUT2D eigenvalue weighted by Crippen LogP contribution is 2.24. The summed E-state index contributed by atoms with van der Waals surface area (Å²) in [7, 11) is 0. The molecular weight excluding hydrogens is 250 g/mol. The van der Waals surface area contributed by atoms with Crippen molar-refractivity contribution in [2.75, 3.05) is 0 Å². The van der Waals surface area contributed by atoms with E-state index in [9.17, 15) is 4.79 Å². The van der Waals surface area contributed by atoms with Crippen molar-refractivity contribution in [2.24, 2.45) is 0 Å². The van der Waals surface area contributed by atoms with Crippen LogP contribution in [0, 0.1) is 11.3 Å². The second-order valence-corrected chi connectivity index (χ2v) is 5.02. The van der Waals surface area contributed by atoms with Gasteiger partial charge in [0.25, 0.3) is 0 Å². The van der Waals surface area contributed by atoms with Gasteiger partial charge in [0.2, 0.25) is 0 Å². The van der Waals surface area contributed by atoms with Gasteiger partial charge in [-0.15, -0.1) is 0 Å². The van der Waals surface area contributed by atoms with Gasteiger partial charge in [-0.3, -0.25) is 9.48 Å². The van der Waals surface area contributed by atoms with Crippen LogP contribution in [0.3, 0.4) is 0 Å². The molecule has 0 spiro atoms. The molecular formula is C16H15N3O. The van der Waals surface area contributed by atoms with Gasteiger partial charge in [-0.25, -0.2) is 0 Å². The zero-order valence-electron chi connectivity index (χ0n) is 11.2. The van der Waals surface area contributed by atoms with E-state index in [0.29, 0.717) is 18.5 Å². The van der Waals surface area contributed by atoms with E-state index < -0.39 is 0 Å². The average molecular weight is 265 g/mol. The number of hydrogen-bond acceptors (Lipinski definition) is 3. The third-order valence-corrected chi connectivity index (χ3v) is 3.71. The fourth-order valence-electron chi connectivity index (χ4n) is 2.73. The highest BCUT2D eigenvalue weighted by atomic mass is 16.1.